The van der Waals surface area contributed by atoms with Crippen molar-refractivity contribution in [2.75, 3.05) is 6.54 Å². The third-order valence-electron chi connectivity index (χ3n) is 7.91. The number of rotatable bonds is 4. The fraction of sp³-hybridized carbons (Fsp3) is 0.481. The Morgan fingerprint density at radius 3 is 2.18 bits per heavy atom. The summed E-state index contributed by atoms with van der Waals surface area (Å²) in [5, 5.41) is 0. The molecule has 2 aliphatic heterocycles. The van der Waals surface area contributed by atoms with Gasteiger partial charge in [-0.1, -0.05) is 37.1 Å². The van der Waals surface area contributed by atoms with Crippen molar-refractivity contribution in [1.82, 2.24) is 9.80 Å². The van der Waals surface area contributed by atoms with Crippen LogP contribution in [0.3, 0.4) is 0 Å². The average molecular weight is 453 g/mol. The number of likely N-dealkylation sites (tertiary alicyclic amines) is 2. The van der Waals surface area contributed by atoms with Gasteiger partial charge in [-0.05, 0) is 67.5 Å². The largest absolute Gasteiger partial charge is 0.337 e. The number of hydrogen-bond donors (Lipinski definition) is 0. The second-order valence-corrected chi connectivity index (χ2v) is 9.76. The Kier molecular flexibility index (Phi) is 5.94. The summed E-state index contributed by atoms with van der Waals surface area (Å²) in [5.74, 6) is -0.344. The molecule has 3 fully saturated rings. The van der Waals surface area contributed by atoms with Gasteiger partial charge in [-0.3, -0.25) is 9.59 Å². The van der Waals surface area contributed by atoms with Crippen LogP contribution in [-0.4, -0.2) is 40.2 Å². The topological polar surface area (TPSA) is 40.6 Å². The molecule has 2 atom stereocenters. The van der Waals surface area contributed by atoms with Crippen LogP contribution in [0.2, 0.25) is 0 Å². The number of halogens is 2. The standard InChI is InChI=1S/C27H30F2N2O2/c28-21-10-6-19(7-11-21)18-31-24-14-17-30(23(24)4-3-5-25(31)32)26(33)27(15-1-2-16-27)20-8-12-22(29)13-9-20/h6-13,23-24H,1-5,14-18H2/t23-,24-/m0/s1. The van der Waals surface area contributed by atoms with E-state index in [-0.39, 0.29) is 35.5 Å². The highest BCUT2D eigenvalue weighted by atomic mass is 19.1. The lowest BCUT2D eigenvalue weighted by Crippen LogP contribution is -2.51. The van der Waals surface area contributed by atoms with Gasteiger partial charge in [-0.2, -0.15) is 0 Å². The molecule has 3 aliphatic rings. The molecule has 6 heteroatoms. The average Bonchev–Trinajstić information content (AvgIpc) is 3.44. The minimum absolute atomic E-state index is 0.0117. The van der Waals surface area contributed by atoms with Gasteiger partial charge in [-0.25, -0.2) is 8.78 Å². The molecule has 0 N–H and O–H groups in total. The maximum atomic E-state index is 14.1. The molecule has 0 unspecified atom stereocenters. The Balaban J connectivity index is 1.42. The van der Waals surface area contributed by atoms with Crippen molar-refractivity contribution in [3.8, 4) is 0 Å². The van der Waals surface area contributed by atoms with Gasteiger partial charge in [-0.15, -0.1) is 0 Å². The van der Waals surface area contributed by atoms with Crippen molar-refractivity contribution in [3.63, 3.8) is 0 Å². The predicted molar refractivity (Wildman–Crippen MR) is 121 cm³/mol. The minimum atomic E-state index is -0.597. The molecule has 2 heterocycles. The SMILES string of the molecule is O=C1CCC[C@H]2[C@H](CCN2C(=O)C2(c3ccc(F)cc3)CCCC2)N1Cc1ccc(F)cc1. The highest BCUT2D eigenvalue weighted by Gasteiger charge is 2.50. The molecule has 2 amide bonds. The third kappa shape index (κ3) is 4.04. The van der Waals surface area contributed by atoms with Crippen LogP contribution < -0.4 is 0 Å². The Hall–Kier alpha value is -2.76. The Morgan fingerprint density at radius 1 is 0.879 bits per heavy atom. The molecule has 0 bridgehead atoms. The summed E-state index contributed by atoms with van der Waals surface area (Å²) >= 11 is 0. The summed E-state index contributed by atoms with van der Waals surface area (Å²) in [6.07, 6.45) is 6.32. The van der Waals surface area contributed by atoms with Gasteiger partial charge in [0, 0.05) is 19.5 Å². The third-order valence-corrected chi connectivity index (χ3v) is 7.91. The van der Waals surface area contributed by atoms with Crippen LogP contribution in [0, 0.1) is 11.6 Å². The van der Waals surface area contributed by atoms with Crippen molar-refractivity contribution < 1.29 is 18.4 Å². The normalized spacial score (nSPS) is 24.6. The van der Waals surface area contributed by atoms with Gasteiger partial charge in [0.15, 0.2) is 0 Å². The molecule has 5 rings (SSSR count). The van der Waals surface area contributed by atoms with Crippen LogP contribution in [0.1, 0.15) is 62.5 Å². The van der Waals surface area contributed by atoms with Gasteiger partial charge in [0.05, 0.1) is 17.5 Å². The van der Waals surface area contributed by atoms with E-state index in [9.17, 15) is 18.4 Å². The Morgan fingerprint density at radius 2 is 1.52 bits per heavy atom. The summed E-state index contributed by atoms with van der Waals surface area (Å²) in [5.41, 5.74) is 1.21. The molecular formula is C27H30F2N2O2. The van der Waals surface area contributed by atoms with Gasteiger partial charge in [0.25, 0.3) is 0 Å². The van der Waals surface area contributed by atoms with E-state index in [2.05, 4.69) is 0 Å². The van der Waals surface area contributed by atoms with Gasteiger partial charge >= 0.3 is 0 Å². The van der Waals surface area contributed by atoms with E-state index in [1.807, 2.05) is 9.80 Å². The Labute approximate surface area is 193 Å². The van der Waals surface area contributed by atoms with Crippen LogP contribution in [0.4, 0.5) is 8.78 Å². The highest BCUT2D eigenvalue weighted by molar-refractivity contribution is 5.89. The second-order valence-electron chi connectivity index (χ2n) is 9.76. The van der Waals surface area contributed by atoms with Crippen LogP contribution >= 0.6 is 0 Å². The number of hydrogen-bond acceptors (Lipinski definition) is 2. The molecule has 1 aliphatic carbocycles. The van der Waals surface area contributed by atoms with Gasteiger partial charge < -0.3 is 9.80 Å². The summed E-state index contributed by atoms with van der Waals surface area (Å²) in [6, 6.07) is 12.7. The molecule has 0 spiro atoms. The number of carbonyl (C=O) groups is 2. The molecule has 1 saturated carbocycles. The number of fused-ring (bicyclic) bond motifs is 1. The van der Waals surface area contributed by atoms with E-state index in [4.69, 9.17) is 0 Å². The number of nitrogens with zero attached hydrogens (tertiary/aromatic N) is 2. The molecule has 2 aromatic carbocycles. The summed E-state index contributed by atoms with van der Waals surface area (Å²) in [6.45, 7) is 1.07. The van der Waals surface area contributed by atoms with Crippen molar-refractivity contribution >= 4 is 11.8 Å². The lowest BCUT2D eigenvalue weighted by atomic mass is 9.77. The maximum Gasteiger partial charge on any atom is 0.233 e. The van der Waals surface area contributed by atoms with Gasteiger partial charge in [0.1, 0.15) is 11.6 Å². The quantitative estimate of drug-likeness (QED) is 0.658. The zero-order chi connectivity index (χ0) is 23.0. The fourth-order valence-electron chi connectivity index (χ4n) is 6.23. The minimum Gasteiger partial charge on any atom is -0.337 e. The van der Waals surface area contributed by atoms with E-state index in [0.29, 0.717) is 19.5 Å². The van der Waals surface area contributed by atoms with Crippen molar-refractivity contribution in [3.05, 3.63) is 71.3 Å². The van der Waals surface area contributed by atoms with E-state index >= 15 is 0 Å². The summed E-state index contributed by atoms with van der Waals surface area (Å²) in [7, 11) is 0. The summed E-state index contributed by atoms with van der Waals surface area (Å²) < 4.78 is 27.0. The molecule has 0 radical (unpaired) electrons. The van der Waals surface area contributed by atoms with E-state index in [0.717, 1.165) is 56.1 Å². The first kappa shape index (κ1) is 22.1. The maximum absolute atomic E-state index is 14.1. The van der Waals surface area contributed by atoms with Gasteiger partial charge in [0.2, 0.25) is 11.8 Å². The zero-order valence-electron chi connectivity index (χ0n) is 18.8. The van der Waals surface area contributed by atoms with Crippen LogP contribution in [0.25, 0.3) is 0 Å². The molecule has 33 heavy (non-hydrogen) atoms. The van der Waals surface area contributed by atoms with Crippen LogP contribution in [-0.2, 0) is 21.5 Å². The number of amides is 2. The Bertz CT molecular complexity index is 1020. The fourth-order valence-corrected chi connectivity index (χ4v) is 6.23. The van der Waals surface area contributed by atoms with Crippen LogP contribution in [0.5, 0.6) is 0 Å². The first-order valence-electron chi connectivity index (χ1n) is 12.1. The smallest absolute Gasteiger partial charge is 0.233 e. The first-order valence-corrected chi connectivity index (χ1v) is 12.1. The lowest BCUT2D eigenvalue weighted by molar-refractivity contribution is -0.140. The molecular weight excluding hydrogens is 422 g/mol. The molecule has 174 valence electrons. The lowest BCUT2D eigenvalue weighted by Gasteiger charge is -2.38. The van der Waals surface area contributed by atoms with Crippen molar-refractivity contribution in [2.24, 2.45) is 0 Å². The monoisotopic (exact) mass is 452 g/mol. The van der Waals surface area contributed by atoms with E-state index in [1.165, 1.54) is 24.3 Å². The van der Waals surface area contributed by atoms with Crippen LogP contribution in [0.15, 0.2) is 48.5 Å². The van der Waals surface area contributed by atoms with Crippen molar-refractivity contribution in [2.45, 2.75) is 75.4 Å². The van der Waals surface area contributed by atoms with E-state index in [1.54, 1.807) is 24.3 Å². The zero-order valence-corrected chi connectivity index (χ0v) is 18.8. The molecule has 4 nitrogen and oxygen atoms in total. The molecule has 2 aromatic rings. The second kappa shape index (κ2) is 8.88. The predicted octanol–water partition coefficient (Wildman–Crippen LogP) is 4.96. The highest BCUT2D eigenvalue weighted by Crippen LogP contribution is 2.45. The summed E-state index contributed by atoms with van der Waals surface area (Å²) in [4.78, 5) is 31.0. The van der Waals surface area contributed by atoms with Crippen molar-refractivity contribution in [1.29, 1.82) is 0 Å². The molecule has 2 saturated heterocycles. The number of benzene rings is 2. The van der Waals surface area contributed by atoms with E-state index < -0.39 is 5.41 Å². The number of carbonyl (C=O) groups excluding carboxylic acids is 2. The molecule has 0 aromatic heterocycles. The first-order chi connectivity index (χ1) is 16.0.